The standard InChI is InChI=1S/C15H21ClN4O/c1-9-6-4-5-7-11(9)20-13(10(2)16)19-12-14(20)17-8-18-15(12)21-3/h8-11H,4-7H2,1-3H3. The van der Waals surface area contributed by atoms with Gasteiger partial charge in [0.15, 0.2) is 11.2 Å². The van der Waals surface area contributed by atoms with E-state index < -0.39 is 0 Å². The second-order valence-electron chi connectivity index (χ2n) is 5.84. The summed E-state index contributed by atoms with van der Waals surface area (Å²) in [6.07, 6.45) is 6.47. The van der Waals surface area contributed by atoms with Gasteiger partial charge >= 0.3 is 0 Å². The summed E-state index contributed by atoms with van der Waals surface area (Å²) in [6.45, 7) is 4.25. The van der Waals surface area contributed by atoms with Crippen LogP contribution in [0.4, 0.5) is 0 Å². The molecule has 3 unspecified atom stereocenters. The Morgan fingerprint density at radius 2 is 2.10 bits per heavy atom. The van der Waals surface area contributed by atoms with Crippen LogP contribution in [0.1, 0.15) is 56.8 Å². The van der Waals surface area contributed by atoms with Crippen LogP contribution in [-0.4, -0.2) is 26.6 Å². The molecule has 3 atom stereocenters. The first kappa shape index (κ1) is 14.6. The molecule has 0 amide bonds. The number of halogens is 1. The van der Waals surface area contributed by atoms with Crippen molar-refractivity contribution >= 4 is 22.8 Å². The zero-order valence-corrected chi connectivity index (χ0v) is 13.5. The van der Waals surface area contributed by atoms with Crippen molar-refractivity contribution < 1.29 is 4.74 Å². The van der Waals surface area contributed by atoms with Crippen LogP contribution in [0.25, 0.3) is 11.2 Å². The predicted octanol–water partition coefficient (Wildman–Crippen LogP) is 3.89. The topological polar surface area (TPSA) is 52.8 Å². The Kier molecular flexibility index (Phi) is 4.02. The molecule has 2 aromatic rings. The van der Waals surface area contributed by atoms with Crippen molar-refractivity contribution in [1.82, 2.24) is 19.5 Å². The second kappa shape index (κ2) is 5.79. The van der Waals surface area contributed by atoms with Crippen molar-refractivity contribution in [2.75, 3.05) is 7.11 Å². The molecule has 0 bridgehead atoms. The van der Waals surface area contributed by atoms with Crippen molar-refractivity contribution in [3.63, 3.8) is 0 Å². The molecule has 5 nitrogen and oxygen atoms in total. The van der Waals surface area contributed by atoms with E-state index in [4.69, 9.17) is 16.3 Å². The highest BCUT2D eigenvalue weighted by molar-refractivity contribution is 6.20. The molecule has 0 N–H and O–H groups in total. The van der Waals surface area contributed by atoms with Crippen molar-refractivity contribution in [2.45, 2.75) is 50.9 Å². The Morgan fingerprint density at radius 3 is 2.76 bits per heavy atom. The Bertz CT molecular complexity index is 640. The highest BCUT2D eigenvalue weighted by atomic mass is 35.5. The average molecular weight is 309 g/mol. The monoisotopic (exact) mass is 308 g/mol. The number of aromatic nitrogens is 4. The molecule has 0 aromatic carbocycles. The van der Waals surface area contributed by atoms with E-state index in [0.717, 1.165) is 17.9 Å². The molecule has 0 radical (unpaired) electrons. The third-order valence-corrected chi connectivity index (χ3v) is 4.61. The summed E-state index contributed by atoms with van der Waals surface area (Å²) in [5.74, 6) is 1.98. The maximum atomic E-state index is 6.37. The van der Waals surface area contributed by atoms with E-state index in [0.29, 0.717) is 23.4 Å². The molecule has 0 saturated heterocycles. The summed E-state index contributed by atoms with van der Waals surface area (Å²) in [5, 5.41) is -0.168. The van der Waals surface area contributed by atoms with E-state index in [1.807, 2.05) is 6.92 Å². The van der Waals surface area contributed by atoms with Gasteiger partial charge in [0, 0.05) is 6.04 Å². The summed E-state index contributed by atoms with van der Waals surface area (Å²) in [5.41, 5.74) is 1.54. The smallest absolute Gasteiger partial charge is 0.245 e. The first-order chi connectivity index (χ1) is 10.1. The molecular weight excluding hydrogens is 288 g/mol. The van der Waals surface area contributed by atoms with Gasteiger partial charge in [-0.05, 0) is 25.7 Å². The second-order valence-corrected chi connectivity index (χ2v) is 6.49. The third kappa shape index (κ3) is 2.48. The minimum absolute atomic E-state index is 0.168. The fourth-order valence-corrected chi connectivity index (χ4v) is 3.50. The first-order valence-corrected chi connectivity index (χ1v) is 7.98. The zero-order valence-electron chi connectivity index (χ0n) is 12.7. The fraction of sp³-hybridized carbons (Fsp3) is 0.667. The SMILES string of the molecule is COc1ncnc2c1nc(C(C)Cl)n2C1CCCCC1C. The molecule has 1 aliphatic carbocycles. The molecule has 21 heavy (non-hydrogen) atoms. The van der Waals surface area contributed by atoms with Crippen LogP contribution in [0.15, 0.2) is 6.33 Å². The van der Waals surface area contributed by atoms with Gasteiger partial charge in [0.05, 0.1) is 12.5 Å². The lowest BCUT2D eigenvalue weighted by atomic mass is 9.85. The largest absolute Gasteiger partial charge is 0.479 e. The van der Waals surface area contributed by atoms with E-state index in [1.54, 1.807) is 7.11 Å². The van der Waals surface area contributed by atoms with Crippen LogP contribution in [-0.2, 0) is 0 Å². The minimum Gasteiger partial charge on any atom is -0.479 e. The quantitative estimate of drug-likeness (QED) is 0.807. The van der Waals surface area contributed by atoms with Gasteiger partial charge in [-0.1, -0.05) is 19.8 Å². The van der Waals surface area contributed by atoms with Crippen molar-refractivity contribution in [1.29, 1.82) is 0 Å². The maximum Gasteiger partial charge on any atom is 0.245 e. The summed E-state index contributed by atoms with van der Waals surface area (Å²) in [4.78, 5) is 13.3. The molecule has 2 heterocycles. The first-order valence-electron chi connectivity index (χ1n) is 7.54. The van der Waals surface area contributed by atoms with Gasteiger partial charge in [-0.3, -0.25) is 0 Å². The van der Waals surface area contributed by atoms with Crippen LogP contribution in [0.5, 0.6) is 5.88 Å². The number of imidazole rings is 1. The Labute approximate surface area is 129 Å². The zero-order chi connectivity index (χ0) is 15.0. The molecule has 1 fully saturated rings. The number of alkyl halides is 1. The lowest BCUT2D eigenvalue weighted by molar-refractivity contribution is 0.256. The molecular formula is C15H21ClN4O. The number of hydrogen-bond donors (Lipinski definition) is 0. The van der Waals surface area contributed by atoms with Crippen LogP contribution in [0.2, 0.25) is 0 Å². The minimum atomic E-state index is -0.168. The average Bonchev–Trinajstić information content (AvgIpc) is 2.87. The predicted molar refractivity (Wildman–Crippen MR) is 82.8 cm³/mol. The van der Waals surface area contributed by atoms with Crippen molar-refractivity contribution in [3.8, 4) is 5.88 Å². The van der Waals surface area contributed by atoms with E-state index in [-0.39, 0.29) is 5.38 Å². The van der Waals surface area contributed by atoms with Gasteiger partial charge in [-0.15, -0.1) is 11.6 Å². The Morgan fingerprint density at radius 1 is 1.33 bits per heavy atom. The lowest BCUT2D eigenvalue weighted by Crippen LogP contribution is -2.23. The summed E-state index contributed by atoms with van der Waals surface area (Å²) >= 11 is 6.37. The van der Waals surface area contributed by atoms with Crippen LogP contribution < -0.4 is 4.74 Å². The van der Waals surface area contributed by atoms with Gasteiger partial charge in [0.25, 0.3) is 0 Å². The number of fused-ring (bicyclic) bond motifs is 1. The summed E-state index contributed by atoms with van der Waals surface area (Å²) in [6, 6.07) is 0.402. The number of rotatable bonds is 3. The van der Waals surface area contributed by atoms with E-state index in [1.165, 1.54) is 25.6 Å². The van der Waals surface area contributed by atoms with E-state index in [9.17, 15) is 0 Å². The Hall–Kier alpha value is -1.36. The van der Waals surface area contributed by atoms with Gasteiger partial charge in [-0.2, -0.15) is 4.98 Å². The molecule has 0 spiro atoms. The maximum absolute atomic E-state index is 6.37. The van der Waals surface area contributed by atoms with Gasteiger partial charge in [0.1, 0.15) is 12.2 Å². The normalized spacial score (nSPS) is 24.2. The third-order valence-electron chi connectivity index (χ3n) is 4.42. The molecule has 2 aromatic heterocycles. The summed E-state index contributed by atoms with van der Waals surface area (Å²) < 4.78 is 7.54. The molecule has 0 aliphatic heterocycles. The van der Waals surface area contributed by atoms with Crippen LogP contribution >= 0.6 is 11.6 Å². The number of nitrogens with zero attached hydrogens (tertiary/aromatic N) is 4. The molecule has 6 heteroatoms. The van der Waals surface area contributed by atoms with Crippen LogP contribution in [0, 0.1) is 5.92 Å². The molecule has 114 valence electrons. The highest BCUT2D eigenvalue weighted by Crippen LogP contribution is 2.39. The van der Waals surface area contributed by atoms with E-state index >= 15 is 0 Å². The van der Waals surface area contributed by atoms with Gasteiger partial charge in [0.2, 0.25) is 5.88 Å². The molecule has 1 aliphatic rings. The molecule has 3 rings (SSSR count). The van der Waals surface area contributed by atoms with Crippen LogP contribution in [0.3, 0.4) is 0 Å². The highest BCUT2D eigenvalue weighted by Gasteiger charge is 2.29. The number of methoxy groups -OCH3 is 1. The fourth-order valence-electron chi connectivity index (χ4n) is 3.34. The number of ether oxygens (including phenoxy) is 1. The van der Waals surface area contributed by atoms with Crippen molar-refractivity contribution in [2.24, 2.45) is 5.92 Å². The Balaban J connectivity index is 2.21. The summed E-state index contributed by atoms with van der Waals surface area (Å²) in [7, 11) is 1.60. The van der Waals surface area contributed by atoms with Crippen molar-refractivity contribution in [3.05, 3.63) is 12.2 Å². The molecule has 1 saturated carbocycles. The van der Waals surface area contributed by atoms with E-state index in [2.05, 4.69) is 26.4 Å². The van der Waals surface area contributed by atoms with Gasteiger partial charge < -0.3 is 9.30 Å². The lowest BCUT2D eigenvalue weighted by Gasteiger charge is -2.31. The number of hydrogen-bond acceptors (Lipinski definition) is 4. The van der Waals surface area contributed by atoms with Gasteiger partial charge in [-0.25, -0.2) is 9.97 Å².